The molecule has 4 nitrogen and oxygen atoms in total. The monoisotopic (exact) mass is 207 g/mol. The molecule has 0 saturated carbocycles. The molecular formula is C8H17NO3S. The molecule has 0 aliphatic carbocycles. The highest BCUT2D eigenvalue weighted by atomic mass is 32.2. The predicted molar refractivity (Wildman–Crippen MR) is 51.6 cm³/mol. The van der Waals surface area contributed by atoms with Crippen molar-refractivity contribution in [3.05, 3.63) is 0 Å². The van der Waals surface area contributed by atoms with Crippen LogP contribution in [-0.2, 0) is 20.5 Å². The first-order chi connectivity index (χ1) is 6.18. The van der Waals surface area contributed by atoms with E-state index in [0.29, 0.717) is 25.6 Å². The summed E-state index contributed by atoms with van der Waals surface area (Å²) in [7, 11) is -1.28. The van der Waals surface area contributed by atoms with Crippen LogP contribution in [0.2, 0.25) is 0 Å². The average Bonchev–Trinajstić information content (AvgIpc) is 2.04. The summed E-state index contributed by atoms with van der Waals surface area (Å²) in [6, 6.07) is 0. The lowest BCUT2D eigenvalue weighted by atomic mass is 9.96. The van der Waals surface area contributed by atoms with Crippen molar-refractivity contribution in [2.75, 3.05) is 25.6 Å². The zero-order valence-corrected chi connectivity index (χ0v) is 8.77. The molecule has 13 heavy (non-hydrogen) atoms. The summed E-state index contributed by atoms with van der Waals surface area (Å²) >= 11 is 0. The Balaban J connectivity index is 2.55. The lowest BCUT2D eigenvalue weighted by molar-refractivity contribution is -0.0922. The molecule has 0 aromatic rings. The molecule has 1 aliphatic heterocycles. The SMILES string of the molecule is CCOC1(CS(N)=O)CCOCC1. The van der Waals surface area contributed by atoms with Crippen LogP contribution < -0.4 is 5.14 Å². The Morgan fingerprint density at radius 3 is 2.62 bits per heavy atom. The first-order valence-corrected chi connectivity index (χ1v) is 5.91. The third kappa shape index (κ3) is 3.34. The minimum Gasteiger partial charge on any atom is -0.381 e. The minimum atomic E-state index is -1.28. The van der Waals surface area contributed by atoms with Crippen LogP contribution in [0.5, 0.6) is 0 Å². The number of ether oxygens (including phenoxy) is 2. The molecule has 1 rings (SSSR count). The van der Waals surface area contributed by atoms with Crippen LogP contribution in [0.3, 0.4) is 0 Å². The van der Waals surface area contributed by atoms with E-state index < -0.39 is 11.0 Å². The fraction of sp³-hybridized carbons (Fsp3) is 1.00. The summed E-state index contributed by atoms with van der Waals surface area (Å²) in [5.41, 5.74) is -0.299. The molecule has 0 aromatic carbocycles. The second kappa shape index (κ2) is 5.05. The van der Waals surface area contributed by atoms with E-state index in [-0.39, 0.29) is 5.60 Å². The Hall–Kier alpha value is 0.0300. The predicted octanol–water partition coefficient (Wildman–Crippen LogP) is 0.194. The summed E-state index contributed by atoms with van der Waals surface area (Å²) in [6.45, 7) is 3.93. The second-order valence-electron chi connectivity index (χ2n) is 3.25. The van der Waals surface area contributed by atoms with Crippen molar-refractivity contribution in [3.63, 3.8) is 0 Å². The summed E-state index contributed by atoms with van der Waals surface area (Å²) < 4.78 is 21.8. The molecule has 1 saturated heterocycles. The van der Waals surface area contributed by atoms with Crippen molar-refractivity contribution in [1.29, 1.82) is 0 Å². The molecule has 0 aromatic heterocycles. The number of hydrogen-bond donors (Lipinski definition) is 1. The Bertz CT molecular complexity index is 175. The second-order valence-corrected chi connectivity index (χ2v) is 4.30. The number of nitrogens with two attached hydrogens (primary N) is 1. The van der Waals surface area contributed by atoms with E-state index in [0.717, 1.165) is 12.8 Å². The number of hydrogen-bond acceptors (Lipinski definition) is 3. The molecule has 0 radical (unpaired) electrons. The molecule has 5 heteroatoms. The molecule has 0 bridgehead atoms. The van der Waals surface area contributed by atoms with E-state index in [1.54, 1.807) is 0 Å². The van der Waals surface area contributed by atoms with Crippen molar-refractivity contribution >= 4 is 11.0 Å². The van der Waals surface area contributed by atoms with Gasteiger partial charge >= 0.3 is 0 Å². The fourth-order valence-electron chi connectivity index (χ4n) is 1.64. The summed E-state index contributed by atoms with van der Waals surface area (Å²) in [5, 5.41) is 5.29. The number of rotatable bonds is 4. The average molecular weight is 207 g/mol. The molecule has 1 unspecified atom stereocenters. The highest BCUT2D eigenvalue weighted by molar-refractivity contribution is 7.82. The van der Waals surface area contributed by atoms with E-state index in [4.69, 9.17) is 14.6 Å². The largest absolute Gasteiger partial charge is 0.381 e. The van der Waals surface area contributed by atoms with Crippen molar-refractivity contribution in [1.82, 2.24) is 0 Å². The van der Waals surface area contributed by atoms with Gasteiger partial charge in [0.25, 0.3) is 0 Å². The van der Waals surface area contributed by atoms with Gasteiger partial charge in [0.1, 0.15) is 0 Å². The van der Waals surface area contributed by atoms with Crippen LogP contribution in [0.15, 0.2) is 0 Å². The minimum absolute atomic E-state index is 0.299. The maximum atomic E-state index is 11.0. The van der Waals surface area contributed by atoms with Gasteiger partial charge in [-0.3, -0.25) is 5.14 Å². The van der Waals surface area contributed by atoms with Crippen molar-refractivity contribution in [2.45, 2.75) is 25.4 Å². The van der Waals surface area contributed by atoms with E-state index in [1.807, 2.05) is 6.92 Å². The van der Waals surface area contributed by atoms with Gasteiger partial charge in [-0.15, -0.1) is 0 Å². The normalized spacial score (nSPS) is 24.2. The molecule has 1 aliphatic rings. The topological polar surface area (TPSA) is 61.5 Å². The summed E-state index contributed by atoms with van der Waals surface area (Å²) in [6.07, 6.45) is 1.59. The van der Waals surface area contributed by atoms with Crippen LogP contribution in [0, 0.1) is 0 Å². The van der Waals surface area contributed by atoms with Gasteiger partial charge in [-0.1, -0.05) is 0 Å². The van der Waals surface area contributed by atoms with Crippen LogP contribution in [-0.4, -0.2) is 35.4 Å². The van der Waals surface area contributed by atoms with Crippen LogP contribution >= 0.6 is 0 Å². The van der Waals surface area contributed by atoms with Crippen molar-refractivity contribution in [3.8, 4) is 0 Å². The summed E-state index contributed by atoms with van der Waals surface area (Å²) in [4.78, 5) is 0. The van der Waals surface area contributed by atoms with E-state index in [9.17, 15) is 4.21 Å². The van der Waals surface area contributed by atoms with Gasteiger partial charge in [0, 0.05) is 32.7 Å². The van der Waals surface area contributed by atoms with E-state index >= 15 is 0 Å². The Morgan fingerprint density at radius 1 is 1.54 bits per heavy atom. The molecule has 1 atom stereocenters. The standard InChI is InChI=1S/C8H17NO3S/c1-2-12-8(7-13(9)10)3-5-11-6-4-8/h2-7,9H2,1H3. The summed E-state index contributed by atoms with van der Waals surface area (Å²) in [5.74, 6) is 0.421. The molecule has 0 spiro atoms. The van der Waals surface area contributed by atoms with Crippen LogP contribution in [0.4, 0.5) is 0 Å². The quantitative estimate of drug-likeness (QED) is 0.716. The molecule has 0 amide bonds. The van der Waals surface area contributed by atoms with Gasteiger partial charge in [-0.05, 0) is 6.92 Å². The highest BCUT2D eigenvalue weighted by Gasteiger charge is 2.34. The smallest absolute Gasteiger partial charge is 0.0917 e. The van der Waals surface area contributed by atoms with Crippen molar-refractivity contribution < 1.29 is 13.7 Å². The maximum Gasteiger partial charge on any atom is 0.0917 e. The van der Waals surface area contributed by atoms with Gasteiger partial charge in [0.05, 0.1) is 22.3 Å². The zero-order chi connectivity index (χ0) is 9.73. The van der Waals surface area contributed by atoms with E-state index in [2.05, 4.69) is 0 Å². The Labute approximate surface area is 81.4 Å². The van der Waals surface area contributed by atoms with Gasteiger partial charge in [-0.2, -0.15) is 0 Å². The lowest BCUT2D eigenvalue weighted by Gasteiger charge is -2.35. The Morgan fingerprint density at radius 2 is 2.15 bits per heavy atom. The third-order valence-electron chi connectivity index (χ3n) is 2.26. The molecule has 2 N–H and O–H groups in total. The van der Waals surface area contributed by atoms with Crippen LogP contribution in [0.25, 0.3) is 0 Å². The lowest BCUT2D eigenvalue weighted by Crippen LogP contribution is -2.45. The van der Waals surface area contributed by atoms with Gasteiger partial charge in [-0.25, -0.2) is 4.21 Å². The first-order valence-electron chi connectivity index (χ1n) is 4.53. The van der Waals surface area contributed by atoms with E-state index in [1.165, 1.54) is 0 Å². The van der Waals surface area contributed by atoms with Gasteiger partial charge < -0.3 is 9.47 Å². The van der Waals surface area contributed by atoms with Crippen molar-refractivity contribution in [2.24, 2.45) is 5.14 Å². The molecule has 1 heterocycles. The van der Waals surface area contributed by atoms with Gasteiger partial charge in [0.2, 0.25) is 0 Å². The molecule has 78 valence electrons. The zero-order valence-electron chi connectivity index (χ0n) is 7.95. The first kappa shape index (κ1) is 11.1. The third-order valence-corrected chi connectivity index (χ3v) is 3.07. The van der Waals surface area contributed by atoms with Crippen LogP contribution in [0.1, 0.15) is 19.8 Å². The highest BCUT2D eigenvalue weighted by Crippen LogP contribution is 2.25. The molecule has 1 fully saturated rings. The Kier molecular flexibility index (Phi) is 4.31. The maximum absolute atomic E-state index is 11.0. The van der Waals surface area contributed by atoms with Gasteiger partial charge in [0.15, 0.2) is 0 Å². The molecular weight excluding hydrogens is 190 g/mol. The fourth-order valence-corrected chi connectivity index (χ4v) is 2.53.